The predicted molar refractivity (Wildman–Crippen MR) is 26.2 cm³/mol. The Balaban J connectivity index is 3.10. The highest BCUT2D eigenvalue weighted by Gasteiger charge is 2.79. The average molecular weight is 208 g/mol. The van der Waals surface area contributed by atoms with Crippen LogP contribution in [0.2, 0.25) is 0 Å². The molecule has 0 atom stereocenters. The minimum absolute atomic E-state index is 1.55. The fourth-order valence-corrected chi connectivity index (χ4v) is 0.604. The standard InChI is InChI=1S/C5H2F6O2/c1-2-12-4(8,9)3(6,7)5(10,11)13-2/h1H2. The molecule has 13 heavy (non-hydrogen) atoms. The molecule has 1 aliphatic heterocycles. The Morgan fingerprint density at radius 2 is 1.15 bits per heavy atom. The molecule has 0 spiro atoms. The van der Waals surface area contributed by atoms with Gasteiger partial charge in [-0.2, -0.15) is 26.3 Å². The van der Waals surface area contributed by atoms with Gasteiger partial charge in [0.1, 0.15) is 0 Å². The summed E-state index contributed by atoms with van der Waals surface area (Å²) < 4.78 is 78.9. The van der Waals surface area contributed by atoms with Crippen molar-refractivity contribution in [2.75, 3.05) is 0 Å². The summed E-state index contributed by atoms with van der Waals surface area (Å²) in [6.07, 6.45) is -10.7. The molecule has 76 valence electrons. The van der Waals surface area contributed by atoms with Crippen molar-refractivity contribution >= 4 is 0 Å². The molecular formula is C5H2F6O2. The largest absolute Gasteiger partial charge is 0.477 e. The van der Waals surface area contributed by atoms with E-state index in [0.29, 0.717) is 0 Å². The van der Waals surface area contributed by atoms with Crippen LogP contribution in [-0.4, -0.2) is 18.1 Å². The number of halogens is 6. The van der Waals surface area contributed by atoms with E-state index in [1.807, 2.05) is 0 Å². The zero-order chi connectivity index (χ0) is 10.5. The smallest absolute Gasteiger partial charge is 0.396 e. The molecule has 0 unspecified atom stereocenters. The number of rotatable bonds is 0. The Labute approximate surface area is 67.7 Å². The molecule has 2 nitrogen and oxygen atoms in total. The Morgan fingerprint density at radius 1 is 0.846 bits per heavy atom. The molecule has 0 aromatic heterocycles. The third-order valence-electron chi connectivity index (χ3n) is 1.22. The van der Waals surface area contributed by atoms with E-state index in [9.17, 15) is 26.3 Å². The van der Waals surface area contributed by atoms with Gasteiger partial charge in [0.2, 0.25) is 0 Å². The fourth-order valence-electron chi connectivity index (χ4n) is 0.604. The van der Waals surface area contributed by atoms with Gasteiger partial charge < -0.3 is 9.47 Å². The molecule has 0 saturated carbocycles. The molecule has 0 amide bonds. The van der Waals surface area contributed by atoms with E-state index in [-0.39, 0.29) is 0 Å². The maximum Gasteiger partial charge on any atom is 0.477 e. The second kappa shape index (κ2) is 2.24. The van der Waals surface area contributed by atoms with Gasteiger partial charge >= 0.3 is 18.1 Å². The molecule has 1 rings (SSSR count). The van der Waals surface area contributed by atoms with Crippen molar-refractivity contribution in [2.24, 2.45) is 0 Å². The first-order chi connectivity index (χ1) is 5.60. The molecule has 1 fully saturated rings. The van der Waals surface area contributed by atoms with E-state index in [1.54, 1.807) is 0 Å². The van der Waals surface area contributed by atoms with E-state index < -0.39 is 24.1 Å². The molecule has 0 aromatic rings. The van der Waals surface area contributed by atoms with Crippen molar-refractivity contribution in [3.8, 4) is 0 Å². The number of ether oxygens (including phenoxy) is 2. The average Bonchev–Trinajstić information content (AvgIpc) is 1.80. The maximum atomic E-state index is 12.1. The highest BCUT2D eigenvalue weighted by Crippen LogP contribution is 2.51. The first-order valence-corrected chi connectivity index (χ1v) is 2.80. The second-order valence-electron chi connectivity index (χ2n) is 2.18. The summed E-state index contributed by atoms with van der Waals surface area (Å²) in [5.74, 6) is -7.28. The third-order valence-corrected chi connectivity index (χ3v) is 1.22. The zero-order valence-electron chi connectivity index (χ0n) is 5.79. The van der Waals surface area contributed by atoms with Crippen LogP contribution >= 0.6 is 0 Å². The molecule has 0 N–H and O–H groups in total. The molecule has 1 aliphatic rings. The molecule has 0 bridgehead atoms. The van der Waals surface area contributed by atoms with Crippen LogP contribution < -0.4 is 0 Å². The molecular weight excluding hydrogens is 206 g/mol. The Bertz CT molecular complexity index is 225. The second-order valence-corrected chi connectivity index (χ2v) is 2.18. The van der Waals surface area contributed by atoms with Crippen LogP contribution in [0.4, 0.5) is 26.3 Å². The SMILES string of the molecule is C=C1OC(F)(F)C(F)(F)C(F)(F)O1. The number of hydrogen-bond donors (Lipinski definition) is 0. The molecule has 0 aromatic carbocycles. The molecule has 1 saturated heterocycles. The highest BCUT2D eigenvalue weighted by atomic mass is 19.4. The lowest BCUT2D eigenvalue weighted by Crippen LogP contribution is -2.59. The number of hydrogen-bond acceptors (Lipinski definition) is 2. The molecule has 8 heteroatoms. The van der Waals surface area contributed by atoms with Crippen LogP contribution in [0, 0.1) is 0 Å². The van der Waals surface area contributed by atoms with E-state index in [4.69, 9.17) is 0 Å². The Kier molecular flexibility index (Phi) is 1.72. The maximum absolute atomic E-state index is 12.1. The summed E-state index contributed by atoms with van der Waals surface area (Å²) in [6, 6.07) is 0. The van der Waals surface area contributed by atoms with Crippen LogP contribution in [0.3, 0.4) is 0 Å². The molecule has 0 aliphatic carbocycles. The lowest BCUT2D eigenvalue weighted by atomic mass is 10.3. The summed E-state index contributed by atoms with van der Waals surface area (Å²) in [7, 11) is 0. The lowest BCUT2D eigenvalue weighted by molar-refractivity contribution is -0.486. The van der Waals surface area contributed by atoms with Gasteiger partial charge in [-0.25, -0.2) is 0 Å². The summed E-state index contributed by atoms with van der Waals surface area (Å²) >= 11 is 0. The predicted octanol–water partition coefficient (Wildman–Crippen LogP) is 2.33. The van der Waals surface area contributed by atoms with Gasteiger partial charge in [-0.05, 0) is 6.58 Å². The van der Waals surface area contributed by atoms with Crippen molar-refractivity contribution in [1.29, 1.82) is 0 Å². The summed E-state index contributed by atoms with van der Waals surface area (Å²) in [5, 5.41) is 0. The van der Waals surface area contributed by atoms with E-state index >= 15 is 0 Å². The van der Waals surface area contributed by atoms with Gasteiger partial charge in [0.15, 0.2) is 0 Å². The fraction of sp³-hybridized carbons (Fsp3) is 0.600. The minimum atomic E-state index is -5.72. The van der Waals surface area contributed by atoms with Crippen molar-refractivity contribution < 1.29 is 35.8 Å². The molecule has 0 radical (unpaired) electrons. The van der Waals surface area contributed by atoms with Crippen LogP contribution in [0.25, 0.3) is 0 Å². The van der Waals surface area contributed by atoms with E-state index in [1.165, 1.54) is 0 Å². The van der Waals surface area contributed by atoms with Gasteiger partial charge in [-0.15, -0.1) is 0 Å². The van der Waals surface area contributed by atoms with Crippen molar-refractivity contribution in [2.45, 2.75) is 18.1 Å². The van der Waals surface area contributed by atoms with Crippen molar-refractivity contribution in [3.63, 3.8) is 0 Å². The molecule has 1 heterocycles. The van der Waals surface area contributed by atoms with Gasteiger partial charge in [-0.3, -0.25) is 0 Å². The number of alkyl halides is 6. The Hall–Kier alpha value is -1.08. The first-order valence-electron chi connectivity index (χ1n) is 2.80. The quantitative estimate of drug-likeness (QED) is 0.568. The first kappa shape index (κ1) is 10.0. The van der Waals surface area contributed by atoms with Crippen LogP contribution in [0.1, 0.15) is 0 Å². The van der Waals surface area contributed by atoms with Crippen molar-refractivity contribution in [3.05, 3.63) is 12.5 Å². The Morgan fingerprint density at radius 3 is 1.46 bits per heavy atom. The van der Waals surface area contributed by atoms with Crippen LogP contribution in [0.15, 0.2) is 12.5 Å². The normalized spacial score (nSPS) is 28.9. The topological polar surface area (TPSA) is 18.5 Å². The van der Waals surface area contributed by atoms with Crippen LogP contribution in [-0.2, 0) is 9.47 Å². The monoisotopic (exact) mass is 208 g/mol. The zero-order valence-corrected chi connectivity index (χ0v) is 5.79. The summed E-state index contributed by atoms with van der Waals surface area (Å²) in [6.45, 7) is 2.43. The van der Waals surface area contributed by atoms with Gasteiger partial charge in [-0.1, -0.05) is 0 Å². The van der Waals surface area contributed by atoms with E-state index in [0.717, 1.165) is 0 Å². The van der Waals surface area contributed by atoms with Gasteiger partial charge in [0.05, 0.1) is 0 Å². The van der Waals surface area contributed by atoms with Crippen molar-refractivity contribution in [1.82, 2.24) is 0 Å². The van der Waals surface area contributed by atoms with Gasteiger partial charge in [0, 0.05) is 0 Å². The van der Waals surface area contributed by atoms with E-state index in [2.05, 4.69) is 16.1 Å². The van der Waals surface area contributed by atoms with Crippen LogP contribution in [0.5, 0.6) is 0 Å². The minimum Gasteiger partial charge on any atom is -0.396 e. The van der Waals surface area contributed by atoms with Gasteiger partial charge in [0.25, 0.3) is 5.95 Å². The summed E-state index contributed by atoms with van der Waals surface area (Å²) in [5.41, 5.74) is 0. The summed E-state index contributed by atoms with van der Waals surface area (Å²) in [4.78, 5) is 0. The highest BCUT2D eigenvalue weighted by molar-refractivity contribution is 4.95. The lowest BCUT2D eigenvalue weighted by Gasteiger charge is -2.36. The third kappa shape index (κ3) is 1.20.